The molecule has 0 bridgehead atoms. The molecule has 0 radical (unpaired) electrons. The van der Waals surface area contributed by atoms with Crippen molar-refractivity contribution in [3.8, 4) is 0 Å². The van der Waals surface area contributed by atoms with E-state index in [1.165, 1.54) is 77.0 Å². The highest BCUT2D eigenvalue weighted by Gasteiger charge is 2.44. The highest BCUT2D eigenvalue weighted by Crippen LogP contribution is 2.22. The van der Waals surface area contributed by atoms with E-state index in [0.717, 1.165) is 77.0 Å². The van der Waals surface area contributed by atoms with Crippen LogP contribution in [0.1, 0.15) is 174 Å². The molecule has 0 amide bonds. The molecule has 6 unspecified atom stereocenters. The Morgan fingerprint density at radius 3 is 1.69 bits per heavy atom. The van der Waals surface area contributed by atoms with Crippen molar-refractivity contribution < 1.29 is 44.2 Å². The Bertz CT molecular complexity index is 978. The first-order chi connectivity index (χ1) is 26.9. The number of hydrogen-bond donors (Lipinski definition) is 4. The van der Waals surface area contributed by atoms with Crippen molar-refractivity contribution >= 4 is 5.97 Å². The van der Waals surface area contributed by atoms with Gasteiger partial charge in [0.1, 0.15) is 30.5 Å². The molecule has 1 saturated heterocycles. The standard InChI is InChI=1S/C46H82O9/c1-3-5-7-9-11-13-15-17-19-20-21-22-24-26-28-30-32-34-36-52-38-40(39-53-46-45(51)44(50)43(49)41(37-47)55-46)54-42(48)35-33-31-29-27-25-23-18-16-14-12-10-8-6-4-2/h5,7,11,13,16-19,40-41,43-47,49-51H,3-4,6,8-10,12,14-15,20-39H2,1-2H3/b7-5-,13-11-,18-16-,19-17-. The first-order valence-electron chi connectivity index (χ1n) is 22.2. The maximum absolute atomic E-state index is 12.8. The van der Waals surface area contributed by atoms with Gasteiger partial charge in [0.25, 0.3) is 0 Å². The van der Waals surface area contributed by atoms with Gasteiger partial charge in [-0.2, -0.15) is 0 Å². The van der Waals surface area contributed by atoms with Gasteiger partial charge in [-0.25, -0.2) is 0 Å². The second-order valence-electron chi connectivity index (χ2n) is 15.1. The van der Waals surface area contributed by atoms with Crippen molar-refractivity contribution in [2.75, 3.05) is 26.4 Å². The molecule has 1 fully saturated rings. The predicted molar refractivity (Wildman–Crippen MR) is 224 cm³/mol. The van der Waals surface area contributed by atoms with Crippen molar-refractivity contribution in [3.63, 3.8) is 0 Å². The molecule has 0 aromatic heterocycles. The number of allylic oxidation sites excluding steroid dienone is 8. The van der Waals surface area contributed by atoms with Crippen molar-refractivity contribution in [2.45, 2.75) is 211 Å². The lowest BCUT2D eigenvalue weighted by Crippen LogP contribution is -2.59. The van der Waals surface area contributed by atoms with Gasteiger partial charge in [0.15, 0.2) is 6.29 Å². The summed E-state index contributed by atoms with van der Waals surface area (Å²) < 4.78 is 22.8. The second-order valence-corrected chi connectivity index (χ2v) is 15.1. The molecular formula is C46H82O9. The summed E-state index contributed by atoms with van der Waals surface area (Å²) in [5, 5.41) is 40.1. The molecule has 0 aromatic carbocycles. The number of carbonyl (C=O) groups is 1. The van der Waals surface area contributed by atoms with Crippen molar-refractivity contribution in [2.24, 2.45) is 0 Å². The summed E-state index contributed by atoms with van der Waals surface area (Å²) in [5.41, 5.74) is 0. The molecule has 55 heavy (non-hydrogen) atoms. The zero-order valence-electron chi connectivity index (χ0n) is 34.9. The fraction of sp³-hybridized carbons (Fsp3) is 0.804. The fourth-order valence-corrected chi connectivity index (χ4v) is 6.50. The zero-order valence-corrected chi connectivity index (χ0v) is 34.9. The lowest BCUT2D eigenvalue weighted by atomic mass is 9.99. The van der Waals surface area contributed by atoms with Crippen LogP contribution in [0.25, 0.3) is 0 Å². The smallest absolute Gasteiger partial charge is 0.306 e. The van der Waals surface area contributed by atoms with Crippen LogP contribution in [0.4, 0.5) is 0 Å². The highest BCUT2D eigenvalue weighted by atomic mass is 16.7. The molecule has 0 aliphatic carbocycles. The molecule has 0 aromatic rings. The van der Waals surface area contributed by atoms with Crippen LogP contribution in [0.15, 0.2) is 48.6 Å². The van der Waals surface area contributed by atoms with Gasteiger partial charge < -0.3 is 39.4 Å². The first-order valence-corrected chi connectivity index (χ1v) is 22.2. The monoisotopic (exact) mass is 779 g/mol. The Morgan fingerprint density at radius 2 is 1.11 bits per heavy atom. The molecule has 1 aliphatic heterocycles. The minimum atomic E-state index is -1.54. The van der Waals surface area contributed by atoms with Gasteiger partial charge in [-0.1, -0.05) is 146 Å². The molecule has 6 atom stereocenters. The number of aliphatic hydroxyl groups excluding tert-OH is 4. The summed E-state index contributed by atoms with van der Waals surface area (Å²) in [6.07, 6.45) is 38.5. The van der Waals surface area contributed by atoms with Crippen LogP contribution < -0.4 is 0 Å². The Balaban J connectivity index is 2.27. The van der Waals surface area contributed by atoms with Crippen LogP contribution in [0.5, 0.6) is 0 Å². The van der Waals surface area contributed by atoms with E-state index in [1.807, 2.05) is 0 Å². The number of aliphatic hydroxyl groups is 4. The van der Waals surface area contributed by atoms with Crippen LogP contribution in [0.3, 0.4) is 0 Å². The van der Waals surface area contributed by atoms with Crippen LogP contribution in [0, 0.1) is 0 Å². The van der Waals surface area contributed by atoms with Gasteiger partial charge in [0.05, 0.1) is 19.8 Å². The summed E-state index contributed by atoms with van der Waals surface area (Å²) in [7, 11) is 0. The third-order valence-corrected chi connectivity index (χ3v) is 9.98. The summed E-state index contributed by atoms with van der Waals surface area (Å²) >= 11 is 0. The van der Waals surface area contributed by atoms with Gasteiger partial charge in [-0.15, -0.1) is 0 Å². The SMILES string of the molecule is CC/C=C\C/C=C\C/C=C\CCCCCCCCCCOCC(COC1OC(CO)C(O)C(O)C1O)OC(=O)CCCCCCC/C=C\CCCCCCC. The molecule has 0 saturated carbocycles. The number of rotatable bonds is 37. The van der Waals surface area contributed by atoms with Crippen molar-refractivity contribution in [3.05, 3.63) is 48.6 Å². The molecule has 1 aliphatic rings. The average molecular weight is 779 g/mol. The molecular weight excluding hydrogens is 696 g/mol. The molecule has 0 spiro atoms. The molecule has 9 nitrogen and oxygen atoms in total. The summed E-state index contributed by atoms with van der Waals surface area (Å²) in [5.74, 6) is -0.327. The molecule has 4 N–H and O–H groups in total. The van der Waals surface area contributed by atoms with E-state index < -0.39 is 43.4 Å². The second kappa shape index (κ2) is 37.7. The van der Waals surface area contributed by atoms with Gasteiger partial charge in [0, 0.05) is 13.0 Å². The topological polar surface area (TPSA) is 135 Å². The number of unbranched alkanes of at least 4 members (excludes halogenated alkanes) is 18. The summed E-state index contributed by atoms with van der Waals surface area (Å²) in [4.78, 5) is 12.8. The Kier molecular flexibility index (Phi) is 35.1. The van der Waals surface area contributed by atoms with Gasteiger partial charge in [-0.05, 0) is 70.6 Å². The summed E-state index contributed by atoms with van der Waals surface area (Å²) in [6.45, 7) is 4.41. The zero-order chi connectivity index (χ0) is 40.0. The minimum Gasteiger partial charge on any atom is -0.457 e. The van der Waals surface area contributed by atoms with Gasteiger partial charge >= 0.3 is 5.97 Å². The lowest BCUT2D eigenvalue weighted by Gasteiger charge is -2.39. The minimum absolute atomic E-state index is 0.121. The highest BCUT2D eigenvalue weighted by molar-refractivity contribution is 5.69. The molecule has 320 valence electrons. The number of esters is 1. The van der Waals surface area contributed by atoms with Crippen molar-refractivity contribution in [1.82, 2.24) is 0 Å². The van der Waals surface area contributed by atoms with Crippen molar-refractivity contribution in [1.29, 1.82) is 0 Å². The van der Waals surface area contributed by atoms with E-state index in [9.17, 15) is 25.2 Å². The lowest BCUT2D eigenvalue weighted by molar-refractivity contribution is -0.305. The van der Waals surface area contributed by atoms with Crippen LogP contribution in [-0.4, -0.2) is 89.6 Å². The van der Waals surface area contributed by atoms with Crippen LogP contribution in [0.2, 0.25) is 0 Å². The number of hydrogen-bond acceptors (Lipinski definition) is 9. The van der Waals surface area contributed by atoms with E-state index in [4.69, 9.17) is 18.9 Å². The maximum atomic E-state index is 12.8. The predicted octanol–water partition coefficient (Wildman–Crippen LogP) is 9.75. The van der Waals surface area contributed by atoms with Gasteiger partial charge in [0.2, 0.25) is 0 Å². The molecule has 9 heteroatoms. The number of ether oxygens (including phenoxy) is 4. The van der Waals surface area contributed by atoms with Gasteiger partial charge in [-0.3, -0.25) is 4.79 Å². The fourth-order valence-electron chi connectivity index (χ4n) is 6.50. The maximum Gasteiger partial charge on any atom is 0.306 e. The van der Waals surface area contributed by atoms with Crippen LogP contribution in [-0.2, 0) is 23.7 Å². The molecule has 1 rings (SSSR count). The van der Waals surface area contributed by atoms with Crippen LogP contribution >= 0.6 is 0 Å². The van der Waals surface area contributed by atoms with E-state index in [0.29, 0.717) is 13.0 Å². The van der Waals surface area contributed by atoms with E-state index >= 15 is 0 Å². The summed E-state index contributed by atoms with van der Waals surface area (Å²) in [6, 6.07) is 0. The Morgan fingerprint density at radius 1 is 0.600 bits per heavy atom. The normalized spacial score (nSPS) is 21.2. The first kappa shape index (κ1) is 51.2. The van der Waals surface area contributed by atoms with E-state index in [1.54, 1.807) is 0 Å². The largest absolute Gasteiger partial charge is 0.457 e. The Hall–Kier alpha value is -1.85. The van der Waals surface area contributed by atoms with E-state index in [-0.39, 0.29) is 19.2 Å². The number of carbonyl (C=O) groups excluding carboxylic acids is 1. The van der Waals surface area contributed by atoms with E-state index in [2.05, 4.69) is 62.5 Å². The average Bonchev–Trinajstić information content (AvgIpc) is 3.18. The quantitative estimate of drug-likeness (QED) is 0.0276. The Labute approximate surface area is 335 Å². The molecule has 1 heterocycles. The third kappa shape index (κ3) is 29.1. The third-order valence-electron chi connectivity index (χ3n) is 9.98.